The number of rotatable bonds is 7. The largest absolute Gasteiger partial charge is 0.494 e. The van der Waals surface area contributed by atoms with E-state index < -0.39 is 6.10 Å². The molecule has 2 aromatic rings. The highest BCUT2D eigenvalue weighted by Crippen LogP contribution is 2.23. The maximum Gasteiger partial charge on any atom is 0.248 e. The number of aliphatic hydroxyl groups is 1. The van der Waals surface area contributed by atoms with Gasteiger partial charge in [0, 0.05) is 6.04 Å². The lowest BCUT2D eigenvalue weighted by Crippen LogP contribution is -2.39. The van der Waals surface area contributed by atoms with Crippen LogP contribution in [0.2, 0.25) is 0 Å². The predicted octanol–water partition coefficient (Wildman–Crippen LogP) is 3.18. The number of aliphatic hydroxyl groups excluding tert-OH is 1. The van der Waals surface area contributed by atoms with Gasteiger partial charge in [-0.3, -0.25) is 4.79 Å². The molecule has 0 aromatic heterocycles. The quantitative estimate of drug-likeness (QED) is 0.821. The summed E-state index contributed by atoms with van der Waals surface area (Å²) in [6.45, 7) is 6.03. The van der Waals surface area contributed by atoms with Gasteiger partial charge in [-0.1, -0.05) is 36.4 Å². The molecule has 2 atom stereocenters. The highest BCUT2D eigenvalue weighted by molar-refractivity contribution is 5.80. The smallest absolute Gasteiger partial charge is 0.248 e. The molecule has 0 aliphatic heterocycles. The summed E-state index contributed by atoms with van der Waals surface area (Å²) >= 11 is 0. The van der Waals surface area contributed by atoms with E-state index in [1.165, 1.54) is 6.92 Å². The molecule has 0 fully saturated rings. The first-order chi connectivity index (χ1) is 11.5. The molecule has 2 rings (SSSR count). The number of hydrogen-bond donors (Lipinski definition) is 2. The number of ether oxygens (including phenoxy) is 1. The summed E-state index contributed by atoms with van der Waals surface area (Å²) < 4.78 is 5.46. The first kappa shape index (κ1) is 18.0. The third-order valence-corrected chi connectivity index (χ3v) is 3.76. The summed E-state index contributed by atoms with van der Waals surface area (Å²) in [5, 5.41) is 12.0. The van der Waals surface area contributed by atoms with Crippen LogP contribution in [0, 0.1) is 0 Å². The van der Waals surface area contributed by atoms with Gasteiger partial charge in [-0.25, -0.2) is 0 Å². The van der Waals surface area contributed by atoms with Crippen LogP contribution in [0.4, 0.5) is 0 Å². The van der Waals surface area contributed by atoms with Gasteiger partial charge < -0.3 is 15.2 Å². The Hall–Kier alpha value is -2.33. The van der Waals surface area contributed by atoms with Crippen LogP contribution in [-0.4, -0.2) is 29.8 Å². The second-order valence-electron chi connectivity index (χ2n) is 5.94. The van der Waals surface area contributed by atoms with Gasteiger partial charge in [0.05, 0.1) is 6.61 Å². The van der Waals surface area contributed by atoms with Crippen LogP contribution < -0.4 is 10.1 Å². The molecule has 0 radical (unpaired) electrons. The Bertz CT molecular complexity index is 648. The van der Waals surface area contributed by atoms with Crippen LogP contribution >= 0.6 is 0 Å². The molecule has 0 saturated carbocycles. The minimum absolute atomic E-state index is 0.0246. The van der Waals surface area contributed by atoms with Crippen molar-refractivity contribution in [2.45, 2.75) is 39.3 Å². The normalized spacial score (nSPS) is 13.2. The van der Waals surface area contributed by atoms with E-state index in [9.17, 15) is 9.90 Å². The Morgan fingerprint density at radius 3 is 2.08 bits per heavy atom. The molecule has 128 valence electrons. The molecule has 4 nitrogen and oxygen atoms in total. The van der Waals surface area contributed by atoms with E-state index >= 15 is 0 Å². The molecular formula is C20H25NO3. The minimum atomic E-state index is -0.977. The molecular weight excluding hydrogens is 302 g/mol. The lowest BCUT2D eigenvalue weighted by Gasteiger charge is -2.15. The van der Waals surface area contributed by atoms with Gasteiger partial charge in [0.15, 0.2) is 0 Å². The van der Waals surface area contributed by atoms with Gasteiger partial charge in [0.2, 0.25) is 5.91 Å². The van der Waals surface area contributed by atoms with Crippen molar-refractivity contribution >= 4 is 5.91 Å². The number of carbonyl (C=O) groups is 1. The second kappa shape index (κ2) is 8.50. The zero-order valence-corrected chi connectivity index (χ0v) is 14.5. The molecule has 0 aliphatic rings. The monoisotopic (exact) mass is 327 g/mol. The molecule has 0 heterocycles. The van der Waals surface area contributed by atoms with Crippen LogP contribution in [0.15, 0.2) is 48.5 Å². The Morgan fingerprint density at radius 2 is 1.58 bits per heavy atom. The summed E-state index contributed by atoms with van der Waals surface area (Å²) in [5.41, 5.74) is 3.42. The van der Waals surface area contributed by atoms with Crippen molar-refractivity contribution in [2.24, 2.45) is 0 Å². The third kappa shape index (κ3) is 5.10. The maximum atomic E-state index is 11.5. The molecule has 2 N–H and O–H groups in total. The molecule has 0 bridgehead atoms. The van der Waals surface area contributed by atoms with Crippen molar-refractivity contribution in [1.82, 2.24) is 5.32 Å². The van der Waals surface area contributed by atoms with Gasteiger partial charge in [0.1, 0.15) is 11.9 Å². The molecule has 4 heteroatoms. The van der Waals surface area contributed by atoms with Gasteiger partial charge in [-0.2, -0.15) is 0 Å². The predicted molar refractivity (Wildman–Crippen MR) is 96.0 cm³/mol. The Morgan fingerprint density at radius 1 is 1.04 bits per heavy atom. The van der Waals surface area contributed by atoms with E-state index in [4.69, 9.17) is 4.74 Å². The standard InChI is InChI=1S/C20H25NO3/c1-4-24-19-11-9-18(10-12-19)17-7-5-16(6-8-17)13-14(2)21-20(23)15(3)22/h5-12,14-15,22H,4,13H2,1-3H3,(H,21,23). The zero-order valence-electron chi connectivity index (χ0n) is 14.5. The number of carbonyl (C=O) groups excluding carboxylic acids is 1. The Labute approximate surface area is 143 Å². The summed E-state index contributed by atoms with van der Waals surface area (Å²) in [7, 11) is 0. The van der Waals surface area contributed by atoms with Gasteiger partial charge in [-0.05, 0) is 56.0 Å². The van der Waals surface area contributed by atoms with Crippen LogP contribution in [0.3, 0.4) is 0 Å². The first-order valence-corrected chi connectivity index (χ1v) is 8.30. The number of amides is 1. The Kier molecular flexibility index (Phi) is 6.38. The third-order valence-electron chi connectivity index (χ3n) is 3.76. The van der Waals surface area contributed by atoms with Gasteiger partial charge >= 0.3 is 0 Å². The summed E-state index contributed by atoms with van der Waals surface area (Å²) in [4.78, 5) is 11.5. The van der Waals surface area contributed by atoms with Crippen molar-refractivity contribution in [2.75, 3.05) is 6.61 Å². The topological polar surface area (TPSA) is 58.6 Å². The van der Waals surface area contributed by atoms with E-state index in [-0.39, 0.29) is 11.9 Å². The van der Waals surface area contributed by atoms with Crippen LogP contribution in [0.1, 0.15) is 26.3 Å². The van der Waals surface area contributed by atoms with E-state index in [2.05, 4.69) is 29.6 Å². The number of benzene rings is 2. The highest BCUT2D eigenvalue weighted by Gasteiger charge is 2.12. The van der Waals surface area contributed by atoms with E-state index in [0.29, 0.717) is 6.61 Å². The highest BCUT2D eigenvalue weighted by atomic mass is 16.5. The van der Waals surface area contributed by atoms with Crippen molar-refractivity contribution in [3.63, 3.8) is 0 Å². The van der Waals surface area contributed by atoms with Gasteiger partial charge in [0.25, 0.3) is 0 Å². The van der Waals surface area contributed by atoms with E-state index in [1.807, 2.05) is 38.1 Å². The fraction of sp³-hybridized carbons (Fsp3) is 0.350. The fourth-order valence-electron chi connectivity index (χ4n) is 2.51. The van der Waals surface area contributed by atoms with E-state index in [0.717, 1.165) is 28.9 Å². The minimum Gasteiger partial charge on any atom is -0.494 e. The van der Waals surface area contributed by atoms with Gasteiger partial charge in [-0.15, -0.1) is 0 Å². The molecule has 2 unspecified atom stereocenters. The lowest BCUT2D eigenvalue weighted by molar-refractivity contribution is -0.129. The molecule has 0 saturated heterocycles. The number of nitrogens with one attached hydrogen (secondary N) is 1. The summed E-state index contributed by atoms with van der Waals surface area (Å²) in [5.74, 6) is 0.536. The maximum absolute atomic E-state index is 11.5. The zero-order chi connectivity index (χ0) is 17.5. The second-order valence-corrected chi connectivity index (χ2v) is 5.94. The lowest BCUT2D eigenvalue weighted by atomic mass is 10.0. The molecule has 0 spiro atoms. The van der Waals surface area contributed by atoms with E-state index in [1.54, 1.807) is 0 Å². The summed E-state index contributed by atoms with van der Waals surface area (Å²) in [6.07, 6.45) is -0.253. The van der Waals surface area contributed by atoms with Crippen molar-refractivity contribution < 1.29 is 14.6 Å². The average Bonchev–Trinajstić information content (AvgIpc) is 2.56. The number of hydrogen-bond acceptors (Lipinski definition) is 3. The fourth-order valence-corrected chi connectivity index (χ4v) is 2.51. The van der Waals surface area contributed by atoms with Crippen molar-refractivity contribution in [3.05, 3.63) is 54.1 Å². The van der Waals surface area contributed by atoms with Crippen molar-refractivity contribution in [1.29, 1.82) is 0 Å². The Balaban J connectivity index is 1.98. The summed E-state index contributed by atoms with van der Waals surface area (Å²) in [6, 6.07) is 16.3. The SMILES string of the molecule is CCOc1ccc(-c2ccc(CC(C)NC(=O)C(C)O)cc2)cc1. The van der Waals surface area contributed by atoms with Crippen molar-refractivity contribution in [3.8, 4) is 16.9 Å². The van der Waals surface area contributed by atoms with Crippen LogP contribution in [0.25, 0.3) is 11.1 Å². The first-order valence-electron chi connectivity index (χ1n) is 8.30. The van der Waals surface area contributed by atoms with Crippen LogP contribution in [0.5, 0.6) is 5.75 Å². The molecule has 0 aliphatic carbocycles. The average molecular weight is 327 g/mol. The van der Waals surface area contributed by atoms with Crippen LogP contribution in [-0.2, 0) is 11.2 Å². The molecule has 24 heavy (non-hydrogen) atoms. The molecule has 1 amide bonds. The molecule has 2 aromatic carbocycles.